The van der Waals surface area contributed by atoms with Crippen molar-refractivity contribution in [2.45, 2.75) is 303 Å². The van der Waals surface area contributed by atoms with E-state index in [-0.39, 0.29) is 25.7 Å². The molecular weight excluding hydrogens is 1280 g/mol. The van der Waals surface area contributed by atoms with E-state index >= 15 is 0 Å². The van der Waals surface area contributed by atoms with Crippen LogP contribution in [0.2, 0.25) is 0 Å². The van der Waals surface area contributed by atoms with E-state index in [4.69, 9.17) is 37.0 Å². The molecule has 0 aromatic heterocycles. The molecule has 17 nitrogen and oxygen atoms in total. The van der Waals surface area contributed by atoms with Crippen molar-refractivity contribution in [2.75, 3.05) is 39.6 Å². The van der Waals surface area contributed by atoms with Crippen LogP contribution in [-0.2, 0) is 65.4 Å². The normalized spacial score (nSPS) is 14.7. The minimum absolute atomic E-state index is 0.0783. The van der Waals surface area contributed by atoms with Gasteiger partial charge in [-0.15, -0.1) is 0 Å². The third-order valence-electron chi connectivity index (χ3n) is 15.1. The molecular formula is C79H132O17P2. The number of rotatable bonds is 69. The zero-order valence-corrected chi connectivity index (χ0v) is 62.7. The van der Waals surface area contributed by atoms with Crippen LogP contribution in [0.5, 0.6) is 0 Å². The van der Waals surface area contributed by atoms with Crippen molar-refractivity contribution in [3.05, 3.63) is 134 Å². The van der Waals surface area contributed by atoms with E-state index in [2.05, 4.69) is 137 Å². The summed E-state index contributed by atoms with van der Waals surface area (Å²) in [7, 11) is -9.99. The predicted molar refractivity (Wildman–Crippen MR) is 399 cm³/mol. The number of esters is 4. The Labute approximate surface area is 593 Å². The van der Waals surface area contributed by atoms with Crippen molar-refractivity contribution in [3.63, 3.8) is 0 Å². The molecule has 5 unspecified atom stereocenters. The molecule has 560 valence electrons. The second-order valence-electron chi connectivity index (χ2n) is 24.5. The lowest BCUT2D eigenvalue weighted by Gasteiger charge is -2.21. The average Bonchev–Trinajstić information content (AvgIpc) is 1.06. The van der Waals surface area contributed by atoms with E-state index in [0.717, 1.165) is 167 Å². The van der Waals surface area contributed by atoms with E-state index in [0.29, 0.717) is 25.7 Å². The fourth-order valence-corrected chi connectivity index (χ4v) is 11.0. The molecule has 0 amide bonds. The maximum atomic E-state index is 13.1. The standard InChI is InChI=1S/C79H132O17P2/c1-5-9-13-17-21-25-29-32-34-35-36-37-39-41-45-48-52-56-60-64-77(82)90-70-75(96-79(84)66-62-58-54-50-46-42-38-33-30-26-22-18-14-10-6-2)72-94-98(87,88)92-68-73(80)67-91-97(85,86)93-71-74(95-78(83)65-61-57-53-49-43-28-24-20-16-12-8-4)69-89-76(81)63-59-55-51-47-44-40-31-27-23-19-15-11-7-3/h9-10,13-14,20-22,24-27,31-34,36-38,46,50,58,62,73-75,80H,5-8,11-12,15-19,23,28-30,35,39-45,47-49,51-57,59-61,63-72H2,1-4H3,(H,85,86)(H,87,88)/b13-9-,14-10-,24-20-,25-21-,26-22-,31-27-,34-32-,37-36-,38-33-,50-46-,62-58-. The van der Waals surface area contributed by atoms with Crippen LogP contribution in [0.15, 0.2) is 134 Å². The molecule has 98 heavy (non-hydrogen) atoms. The summed E-state index contributed by atoms with van der Waals surface area (Å²) in [6.45, 7) is 4.42. The van der Waals surface area contributed by atoms with Gasteiger partial charge >= 0.3 is 39.5 Å². The molecule has 0 saturated carbocycles. The molecule has 0 aromatic carbocycles. The lowest BCUT2D eigenvalue weighted by atomic mass is 10.1. The molecule has 19 heteroatoms. The molecule has 0 aliphatic rings. The second kappa shape index (κ2) is 70.6. The number of phosphoric acid groups is 2. The van der Waals surface area contributed by atoms with E-state index in [1.165, 1.54) is 38.5 Å². The highest BCUT2D eigenvalue weighted by Crippen LogP contribution is 2.45. The van der Waals surface area contributed by atoms with Crippen LogP contribution < -0.4 is 0 Å². The van der Waals surface area contributed by atoms with Crippen molar-refractivity contribution in [3.8, 4) is 0 Å². The van der Waals surface area contributed by atoms with Gasteiger partial charge in [-0.25, -0.2) is 9.13 Å². The summed E-state index contributed by atoms with van der Waals surface area (Å²) in [6.07, 6.45) is 77.7. The Balaban J connectivity index is 5.41. The van der Waals surface area contributed by atoms with Crippen LogP contribution in [0, 0.1) is 0 Å². The summed E-state index contributed by atoms with van der Waals surface area (Å²) in [4.78, 5) is 72.7. The average molecular weight is 1420 g/mol. The third-order valence-corrected chi connectivity index (χ3v) is 17.0. The van der Waals surface area contributed by atoms with Gasteiger partial charge in [0.2, 0.25) is 0 Å². The lowest BCUT2D eigenvalue weighted by Crippen LogP contribution is -2.30. The zero-order chi connectivity index (χ0) is 71.8. The minimum atomic E-state index is -5.00. The summed E-state index contributed by atoms with van der Waals surface area (Å²) in [5, 5.41) is 10.6. The monoisotopic (exact) mass is 1410 g/mol. The Morgan fingerprint density at radius 3 is 0.949 bits per heavy atom. The minimum Gasteiger partial charge on any atom is -0.462 e. The van der Waals surface area contributed by atoms with Crippen molar-refractivity contribution in [1.82, 2.24) is 0 Å². The number of phosphoric ester groups is 2. The first-order valence-corrected chi connectivity index (χ1v) is 40.4. The van der Waals surface area contributed by atoms with Crippen LogP contribution in [0.1, 0.15) is 285 Å². The summed E-state index contributed by atoms with van der Waals surface area (Å²) < 4.78 is 68.2. The van der Waals surface area contributed by atoms with Crippen molar-refractivity contribution < 1.29 is 80.2 Å². The van der Waals surface area contributed by atoms with Crippen LogP contribution >= 0.6 is 15.6 Å². The van der Waals surface area contributed by atoms with E-state index in [1.807, 2.05) is 12.2 Å². The molecule has 0 bridgehead atoms. The highest BCUT2D eigenvalue weighted by atomic mass is 31.2. The van der Waals surface area contributed by atoms with E-state index < -0.39 is 97.5 Å². The first-order chi connectivity index (χ1) is 47.7. The summed E-state index contributed by atoms with van der Waals surface area (Å²) in [6, 6.07) is 0. The van der Waals surface area contributed by atoms with E-state index in [9.17, 15) is 43.2 Å². The number of allylic oxidation sites excluding steroid dienone is 21. The summed E-state index contributed by atoms with van der Waals surface area (Å²) in [5.74, 6) is -2.36. The highest BCUT2D eigenvalue weighted by molar-refractivity contribution is 7.47. The third kappa shape index (κ3) is 69.7. The van der Waals surface area contributed by atoms with Crippen molar-refractivity contribution in [2.24, 2.45) is 0 Å². The zero-order valence-electron chi connectivity index (χ0n) is 60.9. The van der Waals surface area contributed by atoms with Crippen LogP contribution in [0.3, 0.4) is 0 Å². The van der Waals surface area contributed by atoms with Crippen molar-refractivity contribution in [1.29, 1.82) is 0 Å². The molecule has 5 atom stereocenters. The summed E-state index contributed by atoms with van der Waals surface area (Å²) >= 11 is 0. The van der Waals surface area contributed by atoms with Gasteiger partial charge in [-0.05, 0) is 135 Å². The molecule has 0 rings (SSSR count). The van der Waals surface area contributed by atoms with Gasteiger partial charge in [-0.2, -0.15) is 0 Å². The predicted octanol–water partition coefficient (Wildman–Crippen LogP) is 21.3. The van der Waals surface area contributed by atoms with Crippen LogP contribution in [0.25, 0.3) is 0 Å². The number of ether oxygens (including phenoxy) is 4. The van der Waals surface area contributed by atoms with Gasteiger partial charge in [-0.3, -0.25) is 37.3 Å². The fourth-order valence-electron chi connectivity index (χ4n) is 9.44. The van der Waals surface area contributed by atoms with Crippen molar-refractivity contribution >= 4 is 39.5 Å². The fraction of sp³-hybridized carbons (Fsp3) is 0.671. The first kappa shape index (κ1) is 93.2. The summed E-state index contributed by atoms with van der Waals surface area (Å²) in [5.41, 5.74) is 0. The maximum absolute atomic E-state index is 13.1. The smallest absolute Gasteiger partial charge is 0.462 e. The van der Waals surface area contributed by atoms with Gasteiger partial charge in [0.1, 0.15) is 19.3 Å². The molecule has 0 radical (unpaired) electrons. The lowest BCUT2D eigenvalue weighted by molar-refractivity contribution is -0.161. The maximum Gasteiger partial charge on any atom is 0.472 e. The Bertz CT molecular complexity index is 2380. The molecule has 3 N–H and O–H groups in total. The number of hydrogen-bond donors (Lipinski definition) is 3. The number of aliphatic hydroxyl groups excluding tert-OH is 1. The van der Waals surface area contributed by atoms with Crippen LogP contribution in [-0.4, -0.2) is 96.7 Å². The second-order valence-corrected chi connectivity index (χ2v) is 27.4. The largest absolute Gasteiger partial charge is 0.472 e. The Kier molecular flexibility index (Phi) is 67.2. The molecule has 0 aliphatic carbocycles. The Morgan fingerprint density at radius 1 is 0.306 bits per heavy atom. The SMILES string of the molecule is CC/C=C\C/C=C\C/C=C\C/C=C\C/C=C\CC(=O)OC(COC(=O)CCCCCCCC/C=C\C/C=C\C/C=C\C/C=C\CC)COP(=O)(O)OCC(O)COP(=O)(O)OCC(COC(=O)CCCCCCC/C=C\CCCCCC)OC(=O)CCCCCCC/C=C\CCCC. The van der Waals surface area contributed by atoms with Gasteiger partial charge in [0, 0.05) is 19.3 Å². The molecule has 0 fully saturated rings. The van der Waals surface area contributed by atoms with Crippen LogP contribution in [0.4, 0.5) is 0 Å². The number of carbonyl (C=O) groups is 4. The van der Waals surface area contributed by atoms with Gasteiger partial charge in [0.15, 0.2) is 12.2 Å². The number of carbonyl (C=O) groups excluding carboxylic acids is 4. The Morgan fingerprint density at radius 2 is 0.582 bits per heavy atom. The molecule has 0 aromatic rings. The quantitative estimate of drug-likeness (QED) is 0.0169. The Hall–Kier alpha value is -4.80. The molecule has 0 aliphatic heterocycles. The highest BCUT2D eigenvalue weighted by Gasteiger charge is 2.30. The van der Waals surface area contributed by atoms with E-state index in [1.54, 1.807) is 12.2 Å². The van der Waals surface area contributed by atoms with Gasteiger partial charge in [-0.1, -0.05) is 258 Å². The molecule has 0 saturated heterocycles. The molecule has 0 spiro atoms. The number of hydrogen-bond acceptors (Lipinski definition) is 15. The number of unbranched alkanes of at least 4 members (excludes halogenated alkanes) is 22. The van der Waals surface area contributed by atoms with Gasteiger partial charge in [0.05, 0.1) is 32.8 Å². The van der Waals surface area contributed by atoms with Gasteiger partial charge in [0.25, 0.3) is 0 Å². The molecule has 0 heterocycles. The first-order valence-electron chi connectivity index (χ1n) is 37.4. The number of aliphatic hydroxyl groups is 1. The van der Waals surface area contributed by atoms with Gasteiger partial charge < -0.3 is 33.8 Å². The topological polar surface area (TPSA) is 237 Å².